The minimum atomic E-state index is -0.252. The molecule has 0 bridgehead atoms. The van der Waals surface area contributed by atoms with Crippen LogP contribution in [0, 0.1) is 17.8 Å². The van der Waals surface area contributed by atoms with Crippen molar-refractivity contribution in [1.82, 2.24) is 10.2 Å². The Kier molecular flexibility index (Phi) is 7.33. The fourth-order valence-corrected chi connectivity index (χ4v) is 4.70. The van der Waals surface area contributed by atoms with Gasteiger partial charge in [0.1, 0.15) is 0 Å². The standard InChI is InChI=1S/C24H32N2O3/c1-3-4-5-8-18-11-13-19(14-12-18)23-21(26(17(2)28)22(23)16-27)15-25-24(29)20-9-6-7-10-20/h11-14,20-23,27H,3-4,6-7,9-10,15-16H2,1-2H3,(H,25,29)/t21-,22-,23-/m1/s1. The van der Waals surface area contributed by atoms with Gasteiger partial charge in [0.25, 0.3) is 0 Å². The summed E-state index contributed by atoms with van der Waals surface area (Å²) in [6.07, 6.45) is 6.06. The largest absolute Gasteiger partial charge is 0.394 e. The van der Waals surface area contributed by atoms with Crippen LogP contribution in [0.1, 0.15) is 69.4 Å². The van der Waals surface area contributed by atoms with Crippen LogP contribution < -0.4 is 5.32 Å². The normalized spacial score (nSPS) is 23.8. The molecule has 1 aromatic rings. The maximum atomic E-state index is 12.5. The Morgan fingerprint density at radius 3 is 2.45 bits per heavy atom. The number of nitrogens with zero attached hydrogens (tertiary/aromatic N) is 1. The molecule has 2 aliphatic rings. The molecule has 3 rings (SSSR count). The van der Waals surface area contributed by atoms with E-state index in [1.807, 2.05) is 24.3 Å². The van der Waals surface area contributed by atoms with Crippen molar-refractivity contribution in [2.45, 2.75) is 70.4 Å². The monoisotopic (exact) mass is 396 g/mol. The van der Waals surface area contributed by atoms with E-state index in [1.54, 1.807) is 4.90 Å². The van der Waals surface area contributed by atoms with Gasteiger partial charge in [-0.3, -0.25) is 9.59 Å². The second-order valence-corrected chi connectivity index (χ2v) is 8.17. The molecule has 1 heterocycles. The zero-order valence-corrected chi connectivity index (χ0v) is 17.5. The van der Waals surface area contributed by atoms with Gasteiger partial charge >= 0.3 is 0 Å². The molecular formula is C24H32N2O3. The highest BCUT2D eigenvalue weighted by atomic mass is 16.3. The summed E-state index contributed by atoms with van der Waals surface area (Å²) in [4.78, 5) is 26.3. The van der Waals surface area contributed by atoms with Crippen LogP contribution >= 0.6 is 0 Å². The Balaban J connectivity index is 1.72. The maximum absolute atomic E-state index is 12.5. The van der Waals surface area contributed by atoms with Crippen molar-refractivity contribution in [3.8, 4) is 11.8 Å². The van der Waals surface area contributed by atoms with Gasteiger partial charge in [-0.2, -0.15) is 0 Å². The van der Waals surface area contributed by atoms with Crippen LogP contribution in [-0.2, 0) is 9.59 Å². The number of likely N-dealkylation sites (tertiary alicyclic amines) is 1. The molecule has 3 atom stereocenters. The average molecular weight is 397 g/mol. The van der Waals surface area contributed by atoms with Crippen LogP contribution in [0.25, 0.3) is 0 Å². The zero-order chi connectivity index (χ0) is 20.8. The summed E-state index contributed by atoms with van der Waals surface area (Å²) in [5.74, 6) is 6.45. The molecule has 156 valence electrons. The second kappa shape index (κ2) is 9.93. The van der Waals surface area contributed by atoms with Gasteiger partial charge in [0.05, 0.1) is 18.7 Å². The van der Waals surface area contributed by atoms with E-state index in [-0.39, 0.29) is 42.3 Å². The molecule has 0 unspecified atom stereocenters. The quantitative estimate of drug-likeness (QED) is 0.727. The molecule has 0 aromatic heterocycles. The fraction of sp³-hybridized carbons (Fsp3) is 0.583. The lowest BCUT2D eigenvalue weighted by atomic mass is 9.74. The molecule has 0 spiro atoms. The number of carbonyl (C=O) groups excluding carboxylic acids is 2. The van der Waals surface area contributed by atoms with Crippen molar-refractivity contribution >= 4 is 11.8 Å². The molecule has 5 nitrogen and oxygen atoms in total. The predicted octanol–water partition coefficient (Wildman–Crippen LogP) is 2.82. The highest BCUT2D eigenvalue weighted by Gasteiger charge is 2.50. The molecule has 5 heteroatoms. The van der Waals surface area contributed by atoms with Gasteiger partial charge < -0.3 is 15.3 Å². The van der Waals surface area contributed by atoms with Gasteiger partial charge in [-0.25, -0.2) is 0 Å². The van der Waals surface area contributed by atoms with E-state index in [0.29, 0.717) is 6.54 Å². The molecule has 29 heavy (non-hydrogen) atoms. The van der Waals surface area contributed by atoms with E-state index in [0.717, 1.165) is 49.7 Å². The summed E-state index contributed by atoms with van der Waals surface area (Å²) in [7, 11) is 0. The van der Waals surface area contributed by atoms with Crippen LogP contribution in [0.2, 0.25) is 0 Å². The van der Waals surface area contributed by atoms with E-state index in [1.165, 1.54) is 6.92 Å². The number of carbonyl (C=O) groups is 2. The van der Waals surface area contributed by atoms with Gasteiger partial charge in [0.2, 0.25) is 11.8 Å². The SMILES string of the molecule is CCCC#Cc1ccc([C@H]2[C@@H](CO)N(C(C)=O)[C@@H]2CNC(=O)C2CCCC2)cc1. The maximum Gasteiger partial charge on any atom is 0.223 e. The minimum Gasteiger partial charge on any atom is -0.394 e. The Morgan fingerprint density at radius 2 is 1.86 bits per heavy atom. The van der Waals surface area contributed by atoms with Gasteiger partial charge in [-0.1, -0.05) is 43.7 Å². The van der Waals surface area contributed by atoms with E-state index in [4.69, 9.17) is 0 Å². The summed E-state index contributed by atoms with van der Waals surface area (Å²) in [6, 6.07) is 7.68. The number of hydrogen-bond donors (Lipinski definition) is 2. The summed E-state index contributed by atoms with van der Waals surface area (Å²) < 4.78 is 0. The average Bonchev–Trinajstić information content (AvgIpc) is 3.23. The number of aliphatic hydroxyl groups is 1. The van der Waals surface area contributed by atoms with Gasteiger partial charge in [-0.05, 0) is 37.0 Å². The summed E-state index contributed by atoms with van der Waals surface area (Å²) in [5, 5.41) is 13.0. The summed E-state index contributed by atoms with van der Waals surface area (Å²) in [5.41, 5.74) is 2.04. The topological polar surface area (TPSA) is 69.6 Å². The molecule has 1 saturated carbocycles. The first-order chi connectivity index (χ1) is 14.1. The molecule has 1 aromatic carbocycles. The number of amides is 2. The Labute approximate surface area is 173 Å². The van der Waals surface area contributed by atoms with Crippen molar-refractivity contribution < 1.29 is 14.7 Å². The first kappa shape index (κ1) is 21.4. The van der Waals surface area contributed by atoms with Crippen molar-refractivity contribution in [3.05, 3.63) is 35.4 Å². The number of benzene rings is 1. The molecule has 1 aliphatic carbocycles. The summed E-state index contributed by atoms with van der Waals surface area (Å²) in [6.45, 7) is 3.97. The number of rotatable bonds is 6. The van der Waals surface area contributed by atoms with Crippen LogP contribution in [0.15, 0.2) is 24.3 Å². The second-order valence-electron chi connectivity index (χ2n) is 8.17. The molecule has 1 saturated heterocycles. The Morgan fingerprint density at radius 1 is 1.17 bits per heavy atom. The smallest absolute Gasteiger partial charge is 0.223 e. The molecule has 0 radical (unpaired) electrons. The molecule has 2 fully saturated rings. The number of nitrogens with one attached hydrogen (secondary N) is 1. The van der Waals surface area contributed by atoms with Gasteiger partial charge in [-0.15, -0.1) is 0 Å². The Bertz CT molecular complexity index is 772. The third kappa shape index (κ3) is 4.82. The van der Waals surface area contributed by atoms with Crippen LogP contribution in [0.5, 0.6) is 0 Å². The van der Waals surface area contributed by atoms with Crippen molar-refractivity contribution in [2.75, 3.05) is 13.2 Å². The highest BCUT2D eigenvalue weighted by molar-refractivity contribution is 5.79. The van der Waals surface area contributed by atoms with Crippen LogP contribution in [0.3, 0.4) is 0 Å². The zero-order valence-electron chi connectivity index (χ0n) is 17.5. The molecule has 1 aliphatic heterocycles. The number of hydrogen-bond acceptors (Lipinski definition) is 3. The van der Waals surface area contributed by atoms with E-state index in [2.05, 4.69) is 24.1 Å². The first-order valence-electron chi connectivity index (χ1n) is 10.8. The summed E-state index contributed by atoms with van der Waals surface area (Å²) >= 11 is 0. The third-order valence-electron chi connectivity index (χ3n) is 6.21. The highest BCUT2D eigenvalue weighted by Crippen LogP contribution is 2.40. The lowest BCUT2D eigenvalue weighted by Gasteiger charge is -2.54. The minimum absolute atomic E-state index is 0.00503. The van der Waals surface area contributed by atoms with E-state index >= 15 is 0 Å². The van der Waals surface area contributed by atoms with Crippen LogP contribution in [0.4, 0.5) is 0 Å². The third-order valence-corrected chi connectivity index (χ3v) is 6.21. The van der Waals surface area contributed by atoms with E-state index < -0.39 is 0 Å². The lowest BCUT2D eigenvalue weighted by Crippen LogP contribution is -2.68. The van der Waals surface area contributed by atoms with E-state index in [9.17, 15) is 14.7 Å². The van der Waals surface area contributed by atoms with Crippen molar-refractivity contribution in [3.63, 3.8) is 0 Å². The molecular weight excluding hydrogens is 364 g/mol. The number of unbranched alkanes of at least 4 members (excludes halogenated alkanes) is 1. The van der Waals surface area contributed by atoms with Gasteiger partial charge in [0.15, 0.2) is 0 Å². The molecule has 2 amide bonds. The fourth-order valence-electron chi connectivity index (χ4n) is 4.70. The lowest BCUT2D eigenvalue weighted by molar-refractivity contribution is -0.148. The predicted molar refractivity (Wildman–Crippen MR) is 113 cm³/mol. The Hall–Kier alpha value is -2.32. The number of aliphatic hydroxyl groups excluding tert-OH is 1. The first-order valence-corrected chi connectivity index (χ1v) is 10.8. The van der Waals surface area contributed by atoms with Crippen molar-refractivity contribution in [1.29, 1.82) is 0 Å². The molecule has 2 N–H and O–H groups in total. The van der Waals surface area contributed by atoms with Crippen LogP contribution in [-0.4, -0.2) is 47.1 Å². The van der Waals surface area contributed by atoms with Crippen molar-refractivity contribution in [2.24, 2.45) is 5.92 Å². The van der Waals surface area contributed by atoms with Gasteiger partial charge in [0, 0.05) is 37.3 Å².